The third-order valence-corrected chi connectivity index (χ3v) is 3.16. The van der Waals surface area contributed by atoms with Crippen molar-refractivity contribution in [1.82, 2.24) is 15.6 Å². The van der Waals surface area contributed by atoms with Crippen LogP contribution in [0, 0.1) is 5.92 Å². The lowest BCUT2D eigenvalue weighted by Gasteiger charge is -2.05. The molecule has 2 rings (SSSR count). The minimum absolute atomic E-state index is 0.173. The molecule has 2 N–H and O–H groups in total. The van der Waals surface area contributed by atoms with Crippen molar-refractivity contribution in [3.63, 3.8) is 0 Å². The van der Waals surface area contributed by atoms with Crippen LogP contribution < -0.4 is 10.6 Å². The molecule has 0 bridgehead atoms. The number of allylic oxidation sites excluding steroid dienone is 1. The van der Waals surface area contributed by atoms with Crippen molar-refractivity contribution in [2.45, 2.75) is 32.2 Å². The lowest BCUT2D eigenvalue weighted by molar-refractivity contribution is 0.243. The molecule has 1 heterocycles. The molecule has 0 atom stereocenters. The van der Waals surface area contributed by atoms with E-state index in [-0.39, 0.29) is 6.03 Å². The van der Waals surface area contributed by atoms with Crippen LogP contribution in [0.2, 0.25) is 0 Å². The van der Waals surface area contributed by atoms with Gasteiger partial charge < -0.3 is 10.6 Å². The Bertz CT molecular complexity index is 397. The van der Waals surface area contributed by atoms with Crippen molar-refractivity contribution >= 4 is 6.03 Å². The molecule has 96 valence electrons. The molecule has 4 nitrogen and oxygen atoms in total. The van der Waals surface area contributed by atoms with E-state index in [0.717, 1.165) is 5.56 Å². The van der Waals surface area contributed by atoms with Gasteiger partial charge in [0.15, 0.2) is 0 Å². The first-order chi connectivity index (χ1) is 8.84. The van der Waals surface area contributed by atoms with Gasteiger partial charge in [0.1, 0.15) is 0 Å². The van der Waals surface area contributed by atoms with E-state index >= 15 is 0 Å². The molecule has 0 unspecified atom stereocenters. The number of hydrogen-bond donors (Lipinski definition) is 2. The molecular weight excluding hydrogens is 226 g/mol. The van der Waals surface area contributed by atoms with Crippen LogP contribution in [0.25, 0.3) is 0 Å². The molecule has 0 radical (unpaired) electrons. The van der Waals surface area contributed by atoms with Gasteiger partial charge in [-0.3, -0.25) is 4.98 Å². The second kappa shape index (κ2) is 6.79. The van der Waals surface area contributed by atoms with Crippen LogP contribution >= 0.6 is 0 Å². The Balaban J connectivity index is 1.66. The Morgan fingerprint density at radius 1 is 1.44 bits per heavy atom. The number of hydrogen-bond acceptors (Lipinski definition) is 2. The molecule has 1 saturated carbocycles. The van der Waals surface area contributed by atoms with Crippen LogP contribution in [-0.2, 0) is 6.54 Å². The predicted octanol–water partition coefficient (Wildman–Crippen LogP) is 2.58. The SMILES string of the molecule is O=C(N/C=C/C1CCCC1)NCc1cccnc1. The first-order valence-corrected chi connectivity index (χ1v) is 6.44. The number of carbonyl (C=O) groups is 1. The maximum atomic E-state index is 11.5. The summed E-state index contributed by atoms with van der Waals surface area (Å²) in [5.74, 6) is 0.642. The summed E-state index contributed by atoms with van der Waals surface area (Å²) in [6, 6.07) is 3.62. The molecule has 0 aromatic carbocycles. The number of pyridine rings is 1. The molecule has 1 aromatic heterocycles. The minimum Gasteiger partial charge on any atom is -0.334 e. The minimum atomic E-state index is -0.173. The van der Waals surface area contributed by atoms with Crippen LogP contribution in [0.15, 0.2) is 36.8 Å². The fourth-order valence-corrected chi connectivity index (χ4v) is 2.15. The normalized spacial score (nSPS) is 16.0. The van der Waals surface area contributed by atoms with E-state index in [4.69, 9.17) is 0 Å². The smallest absolute Gasteiger partial charge is 0.319 e. The molecular formula is C14H19N3O. The molecule has 1 fully saturated rings. The number of amides is 2. The first-order valence-electron chi connectivity index (χ1n) is 6.44. The number of rotatable bonds is 4. The number of urea groups is 1. The fraction of sp³-hybridized carbons (Fsp3) is 0.429. The number of nitrogens with zero attached hydrogens (tertiary/aromatic N) is 1. The van der Waals surface area contributed by atoms with E-state index in [9.17, 15) is 4.79 Å². The maximum Gasteiger partial charge on any atom is 0.319 e. The number of aromatic nitrogens is 1. The molecule has 4 heteroatoms. The average Bonchev–Trinajstić information content (AvgIpc) is 2.91. The van der Waals surface area contributed by atoms with Crippen LogP contribution in [0.4, 0.5) is 4.79 Å². The second-order valence-corrected chi connectivity index (χ2v) is 4.59. The highest BCUT2D eigenvalue weighted by Crippen LogP contribution is 2.25. The van der Waals surface area contributed by atoms with E-state index < -0.39 is 0 Å². The highest BCUT2D eigenvalue weighted by molar-refractivity contribution is 5.74. The number of nitrogens with one attached hydrogen (secondary N) is 2. The highest BCUT2D eigenvalue weighted by Gasteiger charge is 2.11. The Kier molecular flexibility index (Phi) is 4.76. The van der Waals surface area contributed by atoms with Gasteiger partial charge in [-0.25, -0.2) is 4.79 Å². The molecule has 0 saturated heterocycles. The van der Waals surface area contributed by atoms with Crippen molar-refractivity contribution < 1.29 is 4.79 Å². The van der Waals surface area contributed by atoms with Gasteiger partial charge in [0.2, 0.25) is 0 Å². The van der Waals surface area contributed by atoms with Crippen molar-refractivity contribution in [3.05, 3.63) is 42.4 Å². The molecule has 1 aliphatic rings. The summed E-state index contributed by atoms with van der Waals surface area (Å²) in [7, 11) is 0. The van der Waals surface area contributed by atoms with E-state index in [2.05, 4.69) is 21.7 Å². The molecule has 2 amide bonds. The topological polar surface area (TPSA) is 54.0 Å². The average molecular weight is 245 g/mol. The Morgan fingerprint density at radius 3 is 3.00 bits per heavy atom. The summed E-state index contributed by atoms with van der Waals surface area (Å²) in [6.45, 7) is 0.497. The van der Waals surface area contributed by atoms with E-state index in [1.54, 1.807) is 18.6 Å². The Morgan fingerprint density at radius 2 is 2.28 bits per heavy atom. The summed E-state index contributed by atoms with van der Waals surface area (Å²) < 4.78 is 0. The van der Waals surface area contributed by atoms with Gasteiger partial charge in [-0.2, -0.15) is 0 Å². The van der Waals surface area contributed by atoms with E-state index in [1.165, 1.54) is 25.7 Å². The summed E-state index contributed by atoms with van der Waals surface area (Å²) in [5.41, 5.74) is 0.993. The van der Waals surface area contributed by atoms with Crippen LogP contribution in [0.3, 0.4) is 0 Å². The maximum absolute atomic E-state index is 11.5. The number of carbonyl (C=O) groups excluding carboxylic acids is 1. The zero-order chi connectivity index (χ0) is 12.6. The lowest BCUT2D eigenvalue weighted by Crippen LogP contribution is -2.31. The molecule has 1 aliphatic carbocycles. The zero-order valence-electron chi connectivity index (χ0n) is 10.4. The van der Waals surface area contributed by atoms with E-state index in [1.807, 2.05) is 12.1 Å². The fourth-order valence-electron chi connectivity index (χ4n) is 2.15. The van der Waals surface area contributed by atoms with E-state index in [0.29, 0.717) is 12.5 Å². The third kappa shape index (κ3) is 4.20. The van der Waals surface area contributed by atoms with Crippen molar-refractivity contribution in [1.29, 1.82) is 0 Å². The largest absolute Gasteiger partial charge is 0.334 e. The predicted molar refractivity (Wildman–Crippen MR) is 70.7 cm³/mol. The van der Waals surface area contributed by atoms with Gasteiger partial charge in [0.05, 0.1) is 0 Å². The zero-order valence-corrected chi connectivity index (χ0v) is 10.4. The van der Waals surface area contributed by atoms with Gasteiger partial charge in [-0.1, -0.05) is 25.0 Å². The Labute approximate surface area is 108 Å². The van der Waals surface area contributed by atoms with Crippen molar-refractivity contribution in [3.8, 4) is 0 Å². The van der Waals surface area contributed by atoms with Gasteiger partial charge in [0.25, 0.3) is 0 Å². The summed E-state index contributed by atoms with van der Waals surface area (Å²) >= 11 is 0. The third-order valence-electron chi connectivity index (χ3n) is 3.16. The van der Waals surface area contributed by atoms with Gasteiger partial charge >= 0.3 is 6.03 Å². The highest BCUT2D eigenvalue weighted by atomic mass is 16.2. The molecule has 1 aromatic rings. The standard InChI is InChI=1S/C14H19N3O/c18-14(16-9-7-12-4-1-2-5-12)17-11-13-6-3-8-15-10-13/h3,6-10,12H,1-2,4-5,11H2,(H2,16,17,18)/b9-7+. The lowest BCUT2D eigenvalue weighted by atomic mass is 10.1. The van der Waals surface area contributed by atoms with Gasteiger partial charge in [-0.05, 0) is 30.4 Å². The first kappa shape index (κ1) is 12.6. The van der Waals surface area contributed by atoms with Crippen molar-refractivity contribution in [2.24, 2.45) is 5.92 Å². The summed E-state index contributed by atoms with van der Waals surface area (Å²) in [5, 5.41) is 5.51. The van der Waals surface area contributed by atoms with Crippen LogP contribution in [-0.4, -0.2) is 11.0 Å². The molecule has 0 aliphatic heterocycles. The summed E-state index contributed by atoms with van der Waals surface area (Å²) in [4.78, 5) is 15.5. The molecule has 0 spiro atoms. The second-order valence-electron chi connectivity index (χ2n) is 4.59. The van der Waals surface area contributed by atoms with Crippen LogP contribution in [0.1, 0.15) is 31.2 Å². The molecule has 18 heavy (non-hydrogen) atoms. The Hall–Kier alpha value is -1.84. The van der Waals surface area contributed by atoms with Crippen LogP contribution in [0.5, 0.6) is 0 Å². The quantitative estimate of drug-likeness (QED) is 0.856. The van der Waals surface area contributed by atoms with Gasteiger partial charge in [0, 0.05) is 25.1 Å². The summed E-state index contributed by atoms with van der Waals surface area (Å²) in [6.07, 6.45) is 12.4. The monoisotopic (exact) mass is 245 g/mol. The van der Waals surface area contributed by atoms with Gasteiger partial charge in [-0.15, -0.1) is 0 Å². The van der Waals surface area contributed by atoms with Crippen molar-refractivity contribution in [2.75, 3.05) is 0 Å².